The van der Waals surface area contributed by atoms with Crippen molar-refractivity contribution in [2.75, 3.05) is 12.4 Å². The molecule has 0 heterocycles. The van der Waals surface area contributed by atoms with Gasteiger partial charge >= 0.3 is 0 Å². The summed E-state index contributed by atoms with van der Waals surface area (Å²) in [6, 6.07) is 3.98. The SMILES string of the molecule is COc1ccc(NC(=O)C/C(N)=N/O)cc1F. The van der Waals surface area contributed by atoms with Crippen molar-refractivity contribution in [2.45, 2.75) is 6.42 Å². The Balaban J connectivity index is 2.69. The number of halogens is 1. The van der Waals surface area contributed by atoms with E-state index in [9.17, 15) is 9.18 Å². The van der Waals surface area contributed by atoms with E-state index in [-0.39, 0.29) is 23.7 Å². The number of hydrogen-bond acceptors (Lipinski definition) is 4. The van der Waals surface area contributed by atoms with Crippen LogP contribution in [0.15, 0.2) is 23.4 Å². The largest absolute Gasteiger partial charge is 0.494 e. The summed E-state index contributed by atoms with van der Waals surface area (Å²) >= 11 is 0. The third-order valence-corrected chi connectivity index (χ3v) is 1.91. The lowest BCUT2D eigenvalue weighted by molar-refractivity contribution is -0.115. The number of nitrogens with one attached hydrogen (secondary N) is 1. The number of nitrogens with zero attached hydrogens (tertiary/aromatic N) is 1. The standard InChI is InChI=1S/C10H12FN3O3/c1-17-8-3-2-6(4-7(8)11)13-10(15)5-9(12)14-16/h2-4,16H,5H2,1H3,(H2,12,14)(H,13,15). The molecule has 1 aromatic rings. The van der Waals surface area contributed by atoms with Crippen molar-refractivity contribution >= 4 is 17.4 Å². The number of nitrogens with two attached hydrogens (primary N) is 1. The fourth-order valence-electron chi connectivity index (χ4n) is 1.15. The molecular weight excluding hydrogens is 229 g/mol. The van der Waals surface area contributed by atoms with Crippen molar-refractivity contribution < 1.29 is 19.1 Å². The first-order valence-corrected chi connectivity index (χ1v) is 4.66. The third kappa shape index (κ3) is 3.63. The summed E-state index contributed by atoms with van der Waals surface area (Å²) < 4.78 is 18.0. The maximum absolute atomic E-state index is 13.3. The molecule has 0 radical (unpaired) electrons. The van der Waals surface area contributed by atoms with Gasteiger partial charge in [0.15, 0.2) is 11.6 Å². The van der Waals surface area contributed by atoms with Crippen LogP contribution in [0.2, 0.25) is 0 Å². The van der Waals surface area contributed by atoms with Crippen molar-refractivity contribution in [3.8, 4) is 5.75 Å². The van der Waals surface area contributed by atoms with E-state index in [1.807, 2.05) is 0 Å². The molecule has 1 rings (SSSR count). The van der Waals surface area contributed by atoms with E-state index < -0.39 is 11.7 Å². The van der Waals surface area contributed by atoms with Crippen LogP contribution in [0, 0.1) is 5.82 Å². The highest BCUT2D eigenvalue weighted by Gasteiger charge is 2.08. The molecule has 0 saturated heterocycles. The van der Waals surface area contributed by atoms with Gasteiger partial charge in [0.1, 0.15) is 5.84 Å². The fraction of sp³-hybridized carbons (Fsp3) is 0.200. The van der Waals surface area contributed by atoms with Gasteiger partial charge in [-0.3, -0.25) is 4.79 Å². The summed E-state index contributed by atoms with van der Waals surface area (Å²) in [6.45, 7) is 0. The molecule has 7 heteroatoms. The molecule has 1 amide bonds. The second kappa shape index (κ2) is 5.69. The highest BCUT2D eigenvalue weighted by atomic mass is 19.1. The quantitative estimate of drug-likeness (QED) is 0.316. The molecule has 0 fully saturated rings. The average molecular weight is 241 g/mol. The summed E-state index contributed by atoms with van der Waals surface area (Å²) in [7, 11) is 1.34. The molecule has 1 aromatic carbocycles. The van der Waals surface area contributed by atoms with Gasteiger partial charge in [0, 0.05) is 11.8 Å². The molecule has 0 spiro atoms. The molecule has 0 aliphatic rings. The third-order valence-electron chi connectivity index (χ3n) is 1.91. The predicted molar refractivity (Wildman–Crippen MR) is 59.6 cm³/mol. The zero-order chi connectivity index (χ0) is 12.8. The normalized spacial score (nSPS) is 11.1. The van der Waals surface area contributed by atoms with Crippen LogP contribution < -0.4 is 15.8 Å². The average Bonchev–Trinajstić information content (AvgIpc) is 2.29. The molecule has 0 atom stereocenters. The molecule has 4 N–H and O–H groups in total. The number of benzene rings is 1. The van der Waals surface area contributed by atoms with E-state index in [1.165, 1.54) is 19.2 Å². The predicted octanol–water partition coefficient (Wildman–Crippen LogP) is 0.909. The molecule has 0 aliphatic carbocycles. The smallest absolute Gasteiger partial charge is 0.232 e. The lowest BCUT2D eigenvalue weighted by atomic mass is 10.2. The lowest BCUT2D eigenvalue weighted by Crippen LogP contribution is -2.22. The van der Waals surface area contributed by atoms with Crippen LogP contribution in [-0.4, -0.2) is 24.1 Å². The Kier molecular flexibility index (Phi) is 4.27. The van der Waals surface area contributed by atoms with E-state index in [0.29, 0.717) is 0 Å². The van der Waals surface area contributed by atoms with E-state index in [0.717, 1.165) is 6.07 Å². The van der Waals surface area contributed by atoms with E-state index in [4.69, 9.17) is 15.7 Å². The first-order valence-electron chi connectivity index (χ1n) is 4.66. The van der Waals surface area contributed by atoms with Crippen LogP contribution in [0.4, 0.5) is 10.1 Å². The molecule has 0 unspecified atom stereocenters. The van der Waals surface area contributed by atoms with Crippen molar-refractivity contribution in [1.29, 1.82) is 0 Å². The Morgan fingerprint density at radius 1 is 1.65 bits per heavy atom. The minimum atomic E-state index is -0.589. The molecular formula is C10H12FN3O3. The van der Waals surface area contributed by atoms with E-state index in [2.05, 4.69) is 10.5 Å². The maximum Gasteiger partial charge on any atom is 0.232 e. The van der Waals surface area contributed by atoms with Gasteiger partial charge in [0.2, 0.25) is 5.91 Å². The summed E-state index contributed by atoms with van der Waals surface area (Å²) in [4.78, 5) is 11.3. The zero-order valence-corrected chi connectivity index (χ0v) is 9.11. The second-order valence-corrected chi connectivity index (χ2v) is 3.17. The summed E-state index contributed by atoms with van der Waals surface area (Å²) in [5, 5.41) is 13.3. The van der Waals surface area contributed by atoms with Crippen molar-refractivity contribution in [3.63, 3.8) is 0 Å². The first kappa shape index (κ1) is 12.8. The number of carbonyl (C=O) groups is 1. The first-order chi connectivity index (χ1) is 8.06. The zero-order valence-electron chi connectivity index (χ0n) is 9.11. The van der Waals surface area contributed by atoms with Crippen LogP contribution in [0.1, 0.15) is 6.42 Å². The molecule has 92 valence electrons. The van der Waals surface area contributed by atoms with Crippen molar-refractivity contribution in [2.24, 2.45) is 10.9 Å². The number of methoxy groups -OCH3 is 1. The highest BCUT2D eigenvalue weighted by molar-refractivity contribution is 6.04. The topological polar surface area (TPSA) is 96.9 Å². The number of ether oxygens (including phenoxy) is 1. The van der Waals surface area contributed by atoms with Gasteiger partial charge in [-0.1, -0.05) is 5.16 Å². The number of amidine groups is 1. The van der Waals surface area contributed by atoms with Crippen molar-refractivity contribution in [3.05, 3.63) is 24.0 Å². The van der Waals surface area contributed by atoms with Gasteiger partial charge in [-0.2, -0.15) is 0 Å². The van der Waals surface area contributed by atoms with Gasteiger partial charge in [-0.15, -0.1) is 0 Å². The monoisotopic (exact) mass is 241 g/mol. The molecule has 0 bridgehead atoms. The molecule has 0 aliphatic heterocycles. The Bertz CT molecular complexity index is 448. The minimum Gasteiger partial charge on any atom is -0.494 e. The minimum absolute atomic E-state index is 0.0828. The summed E-state index contributed by atoms with van der Waals surface area (Å²) in [6.07, 6.45) is -0.274. The Hall–Kier alpha value is -2.31. The molecule has 17 heavy (non-hydrogen) atoms. The highest BCUT2D eigenvalue weighted by Crippen LogP contribution is 2.20. The van der Waals surface area contributed by atoms with E-state index >= 15 is 0 Å². The van der Waals surface area contributed by atoms with Crippen LogP contribution in [-0.2, 0) is 4.79 Å². The number of anilines is 1. The van der Waals surface area contributed by atoms with Gasteiger partial charge < -0.3 is 21.0 Å². The number of hydrogen-bond donors (Lipinski definition) is 3. The van der Waals surface area contributed by atoms with Gasteiger partial charge in [0.25, 0.3) is 0 Å². The lowest BCUT2D eigenvalue weighted by Gasteiger charge is -2.06. The Labute approximate surface area is 96.9 Å². The van der Waals surface area contributed by atoms with Crippen LogP contribution in [0.25, 0.3) is 0 Å². The number of carbonyl (C=O) groups excluding carboxylic acids is 1. The molecule has 6 nitrogen and oxygen atoms in total. The number of rotatable bonds is 4. The van der Waals surface area contributed by atoms with E-state index in [1.54, 1.807) is 0 Å². The second-order valence-electron chi connectivity index (χ2n) is 3.17. The maximum atomic E-state index is 13.3. The van der Waals surface area contributed by atoms with Gasteiger partial charge in [-0.05, 0) is 12.1 Å². The Morgan fingerprint density at radius 2 is 2.35 bits per heavy atom. The van der Waals surface area contributed by atoms with Crippen LogP contribution in [0.5, 0.6) is 5.75 Å². The summed E-state index contributed by atoms with van der Waals surface area (Å²) in [5.74, 6) is -1.24. The van der Waals surface area contributed by atoms with Crippen molar-refractivity contribution in [1.82, 2.24) is 0 Å². The molecule has 0 saturated carbocycles. The van der Waals surface area contributed by atoms with Gasteiger partial charge in [0.05, 0.1) is 13.5 Å². The van der Waals surface area contributed by atoms with Gasteiger partial charge in [-0.25, -0.2) is 4.39 Å². The molecule has 0 aromatic heterocycles. The van der Waals surface area contributed by atoms with Crippen LogP contribution >= 0.6 is 0 Å². The van der Waals surface area contributed by atoms with Crippen LogP contribution in [0.3, 0.4) is 0 Å². The Morgan fingerprint density at radius 3 is 2.88 bits per heavy atom. The summed E-state index contributed by atoms with van der Waals surface area (Å²) in [5.41, 5.74) is 5.41. The fourth-order valence-corrected chi connectivity index (χ4v) is 1.15. The number of amides is 1. The number of oxime groups is 1.